The van der Waals surface area contributed by atoms with Crippen LogP contribution in [0.25, 0.3) is 0 Å². The molecule has 3 unspecified atom stereocenters. The van der Waals surface area contributed by atoms with Crippen molar-refractivity contribution in [1.82, 2.24) is 5.32 Å². The van der Waals surface area contributed by atoms with Gasteiger partial charge in [-0.3, -0.25) is 10.1 Å². The van der Waals surface area contributed by atoms with Gasteiger partial charge in [-0.05, 0) is 58.7 Å². The largest absolute Gasteiger partial charge is 0.495 e. The van der Waals surface area contributed by atoms with Crippen molar-refractivity contribution in [1.29, 1.82) is 0 Å². The van der Waals surface area contributed by atoms with Gasteiger partial charge in [0.25, 0.3) is 0 Å². The van der Waals surface area contributed by atoms with E-state index in [-0.39, 0.29) is 24.7 Å². The first-order valence-electron chi connectivity index (χ1n) is 14.6. The summed E-state index contributed by atoms with van der Waals surface area (Å²) in [6, 6.07) is 3.73. The highest BCUT2D eigenvalue weighted by atomic mass is 35.5. The van der Waals surface area contributed by atoms with Crippen LogP contribution in [0.3, 0.4) is 0 Å². The van der Waals surface area contributed by atoms with E-state index < -0.39 is 47.4 Å². The number of amides is 2. The standard InChI is InChI=1S/C32H45ClN2O8/c1-18-11-10-12-24(40-9)32(38)17-23(41-29(37)34-32)19(2)28-31(6,43-28)25(42-30(3,4)5)16-26(36)35(7)21-14-20(13-18)15-22(39-8)27(21)33/h10-12,14-15,19,23-25,28,38H,13,16-17H2,1-9H3,(H,34,37)/b12-10+,18-11+/t19-,23?,24-,25+,28?,31?,32+/m1/s1. The summed E-state index contributed by atoms with van der Waals surface area (Å²) in [5.74, 6) is -0.0821. The highest BCUT2D eigenvalue weighted by Gasteiger charge is 2.64. The van der Waals surface area contributed by atoms with Crippen molar-refractivity contribution >= 4 is 29.3 Å². The molecule has 2 amide bonds. The molecule has 4 bridgehead atoms. The number of nitrogens with one attached hydrogen (secondary N) is 1. The Bertz CT molecular complexity index is 1290. The van der Waals surface area contributed by atoms with Crippen molar-refractivity contribution in [2.75, 3.05) is 26.2 Å². The number of rotatable bonds is 3. The number of anilines is 1. The SMILES string of the molecule is COc1cc2cc(c1Cl)N(C)C(=O)C[C@H](OC(C)(C)C)C1(C)OC1[C@H](C)C1C[C@@](O)(NC(=O)O1)[C@H](OC)/C=C/C=C(\C)C2. The number of benzene rings is 1. The molecular weight excluding hydrogens is 576 g/mol. The molecule has 3 heterocycles. The van der Waals surface area contributed by atoms with Crippen LogP contribution in [0, 0.1) is 5.92 Å². The van der Waals surface area contributed by atoms with E-state index in [0.29, 0.717) is 22.9 Å². The molecule has 238 valence electrons. The Morgan fingerprint density at radius 1 is 1.21 bits per heavy atom. The molecule has 4 rings (SSSR count). The normalized spacial score (nSPS) is 35.7. The predicted molar refractivity (Wildman–Crippen MR) is 163 cm³/mol. The van der Waals surface area contributed by atoms with Crippen molar-refractivity contribution in [3.05, 3.63) is 46.5 Å². The second-order valence-electron chi connectivity index (χ2n) is 13.0. The van der Waals surface area contributed by atoms with Gasteiger partial charge in [-0.1, -0.05) is 42.3 Å². The maximum absolute atomic E-state index is 13.8. The van der Waals surface area contributed by atoms with Gasteiger partial charge < -0.3 is 33.7 Å². The molecule has 43 heavy (non-hydrogen) atoms. The third kappa shape index (κ3) is 7.20. The number of carbonyl (C=O) groups is 2. The highest BCUT2D eigenvalue weighted by Crippen LogP contribution is 2.49. The van der Waals surface area contributed by atoms with Crippen LogP contribution in [-0.2, 0) is 30.2 Å². The molecule has 0 saturated carbocycles. The Balaban J connectivity index is 1.80. The number of hydrogen-bond donors (Lipinski definition) is 2. The first kappa shape index (κ1) is 33.3. The Hall–Kier alpha value is -2.63. The topological polar surface area (TPSA) is 119 Å². The smallest absolute Gasteiger partial charge is 0.409 e. The van der Waals surface area contributed by atoms with Gasteiger partial charge in [0.1, 0.15) is 28.6 Å². The molecular formula is C32H45ClN2O8. The summed E-state index contributed by atoms with van der Waals surface area (Å²) in [5.41, 5.74) is -0.735. The molecule has 1 aromatic rings. The molecule has 7 atom stereocenters. The van der Waals surface area contributed by atoms with Gasteiger partial charge in [0, 0.05) is 26.5 Å². The summed E-state index contributed by atoms with van der Waals surface area (Å²) >= 11 is 6.72. The molecule has 2 fully saturated rings. The number of methoxy groups -OCH3 is 2. The zero-order valence-electron chi connectivity index (χ0n) is 26.5. The Kier molecular flexibility index (Phi) is 9.59. The molecule has 3 aliphatic heterocycles. The van der Waals surface area contributed by atoms with Gasteiger partial charge >= 0.3 is 6.09 Å². The van der Waals surface area contributed by atoms with E-state index in [9.17, 15) is 14.7 Å². The second-order valence-corrected chi connectivity index (χ2v) is 13.4. The van der Waals surface area contributed by atoms with E-state index in [2.05, 4.69) is 5.32 Å². The summed E-state index contributed by atoms with van der Waals surface area (Å²) < 4.78 is 29.6. The molecule has 2 saturated heterocycles. The number of epoxide rings is 1. The van der Waals surface area contributed by atoms with Crippen LogP contribution >= 0.6 is 11.6 Å². The quantitative estimate of drug-likeness (QED) is 0.456. The fourth-order valence-corrected chi connectivity index (χ4v) is 6.35. The summed E-state index contributed by atoms with van der Waals surface area (Å²) in [6.07, 6.45) is 2.71. The van der Waals surface area contributed by atoms with Crippen LogP contribution in [0.4, 0.5) is 10.5 Å². The number of aliphatic hydroxyl groups is 1. The summed E-state index contributed by atoms with van der Waals surface area (Å²) in [5, 5.41) is 14.5. The van der Waals surface area contributed by atoms with Crippen LogP contribution < -0.4 is 15.0 Å². The van der Waals surface area contributed by atoms with Crippen LogP contribution in [-0.4, -0.2) is 79.7 Å². The molecule has 11 heteroatoms. The van der Waals surface area contributed by atoms with Gasteiger partial charge in [0.2, 0.25) is 5.91 Å². The monoisotopic (exact) mass is 620 g/mol. The molecule has 0 aliphatic carbocycles. The predicted octanol–water partition coefficient (Wildman–Crippen LogP) is 4.94. The average molecular weight is 621 g/mol. The second kappa shape index (κ2) is 12.4. The number of carbonyl (C=O) groups excluding carboxylic acids is 2. The van der Waals surface area contributed by atoms with Crippen LogP contribution in [0.5, 0.6) is 5.75 Å². The Labute approximate surface area is 259 Å². The molecule has 1 aromatic carbocycles. The highest BCUT2D eigenvalue weighted by molar-refractivity contribution is 6.35. The van der Waals surface area contributed by atoms with Gasteiger partial charge in [-0.25, -0.2) is 4.79 Å². The zero-order valence-corrected chi connectivity index (χ0v) is 27.3. The fourth-order valence-electron chi connectivity index (χ4n) is 6.03. The van der Waals surface area contributed by atoms with Crippen molar-refractivity contribution in [2.45, 2.75) is 102 Å². The van der Waals surface area contributed by atoms with Gasteiger partial charge in [-0.15, -0.1) is 0 Å². The number of allylic oxidation sites excluding steroid dienone is 3. The lowest BCUT2D eigenvalue weighted by atomic mass is 9.83. The van der Waals surface area contributed by atoms with E-state index >= 15 is 0 Å². The lowest BCUT2D eigenvalue weighted by molar-refractivity contribution is -0.142. The number of halogens is 1. The van der Waals surface area contributed by atoms with E-state index in [1.54, 1.807) is 19.2 Å². The average Bonchev–Trinajstić information content (AvgIpc) is 3.61. The number of nitrogens with zero attached hydrogens (tertiary/aromatic N) is 1. The maximum Gasteiger partial charge on any atom is 0.409 e. The van der Waals surface area contributed by atoms with E-state index in [1.807, 2.05) is 59.8 Å². The third-order valence-corrected chi connectivity index (χ3v) is 8.83. The summed E-state index contributed by atoms with van der Waals surface area (Å²) in [4.78, 5) is 28.0. The Morgan fingerprint density at radius 3 is 2.53 bits per heavy atom. The van der Waals surface area contributed by atoms with Gasteiger partial charge in [-0.2, -0.15) is 0 Å². The molecule has 0 radical (unpaired) electrons. The number of alkyl carbamates (subject to hydrolysis) is 1. The maximum atomic E-state index is 13.8. The minimum absolute atomic E-state index is 0.0148. The number of ether oxygens (including phenoxy) is 5. The molecule has 3 aliphatic rings. The molecule has 2 N–H and O–H groups in total. The first-order valence-corrected chi connectivity index (χ1v) is 15.0. The van der Waals surface area contributed by atoms with Crippen LogP contribution in [0.1, 0.15) is 59.9 Å². The third-order valence-electron chi connectivity index (χ3n) is 8.45. The van der Waals surface area contributed by atoms with Gasteiger partial charge in [0.15, 0.2) is 5.72 Å². The summed E-state index contributed by atoms with van der Waals surface area (Å²) in [6.45, 7) is 11.6. The van der Waals surface area contributed by atoms with Crippen LogP contribution in [0.2, 0.25) is 5.02 Å². The number of hydrogen-bond acceptors (Lipinski definition) is 8. The minimum Gasteiger partial charge on any atom is -0.495 e. The lowest BCUT2D eigenvalue weighted by Gasteiger charge is -2.42. The van der Waals surface area contributed by atoms with Crippen molar-refractivity contribution in [2.24, 2.45) is 5.92 Å². The molecule has 0 spiro atoms. The Morgan fingerprint density at radius 2 is 1.91 bits per heavy atom. The number of fused-ring (bicyclic) bond motifs is 5. The fraction of sp³-hybridized carbons (Fsp3) is 0.625. The lowest BCUT2D eigenvalue weighted by Crippen LogP contribution is -2.63. The molecule has 0 aromatic heterocycles. The van der Waals surface area contributed by atoms with E-state index in [0.717, 1.165) is 11.1 Å². The van der Waals surface area contributed by atoms with Crippen molar-refractivity contribution in [3.8, 4) is 5.75 Å². The van der Waals surface area contributed by atoms with Crippen LogP contribution in [0.15, 0.2) is 35.9 Å². The zero-order chi connectivity index (χ0) is 31.9. The van der Waals surface area contributed by atoms with Crippen molar-refractivity contribution < 1.29 is 38.4 Å². The van der Waals surface area contributed by atoms with E-state index in [1.165, 1.54) is 19.1 Å². The van der Waals surface area contributed by atoms with Crippen molar-refractivity contribution in [3.63, 3.8) is 0 Å². The van der Waals surface area contributed by atoms with E-state index in [4.69, 9.17) is 35.3 Å². The van der Waals surface area contributed by atoms with Gasteiger partial charge in [0.05, 0.1) is 37.0 Å². The summed E-state index contributed by atoms with van der Waals surface area (Å²) in [7, 11) is 4.70. The minimum atomic E-state index is -1.71. The molecule has 10 nitrogen and oxygen atoms in total. The first-order chi connectivity index (χ1) is 20.0.